The molecule has 1 atom stereocenters. The molecule has 4 nitrogen and oxygen atoms in total. The number of hydrogen-bond acceptors (Lipinski definition) is 5. The third kappa shape index (κ3) is 2.78. The maximum Gasteiger partial charge on any atom is 0.185 e. The van der Waals surface area contributed by atoms with Crippen LogP contribution >= 0.6 is 11.3 Å². The largest absolute Gasteiger partial charge is 0.387 e. The Bertz CT molecular complexity index is 427. The van der Waals surface area contributed by atoms with Gasteiger partial charge in [-0.1, -0.05) is 0 Å². The number of aromatic nitrogens is 1. The quantitative estimate of drug-likeness (QED) is 0.925. The van der Waals surface area contributed by atoms with Crippen molar-refractivity contribution in [1.82, 2.24) is 4.98 Å². The second-order valence-electron chi connectivity index (χ2n) is 5.35. The van der Waals surface area contributed by atoms with Gasteiger partial charge in [0, 0.05) is 24.6 Å². The van der Waals surface area contributed by atoms with E-state index < -0.39 is 0 Å². The molecule has 2 aliphatic rings. The molecule has 0 bridgehead atoms. The van der Waals surface area contributed by atoms with Gasteiger partial charge in [0.15, 0.2) is 5.13 Å². The standard InChI is InChI=1S/C14H22N2O2S/c1-2-18-10-6-8-16(9-7-10)14-15-13-11(17)4-3-5-12(13)19-14/h10-11,17H,2-9H2,1H3. The lowest BCUT2D eigenvalue weighted by Crippen LogP contribution is -2.37. The van der Waals surface area contributed by atoms with Crippen molar-refractivity contribution < 1.29 is 9.84 Å². The Hall–Kier alpha value is -0.650. The number of piperidine rings is 1. The van der Waals surface area contributed by atoms with E-state index in [1.54, 1.807) is 11.3 Å². The lowest BCUT2D eigenvalue weighted by atomic mass is 10.0. The molecule has 1 fully saturated rings. The monoisotopic (exact) mass is 282 g/mol. The van der Waals surface area contributed by atoms with Crippen LogP contribution in [0, 0.1) is 0 Å². The van der Waals surface area contributed by atoms with Gasteiger partial charge in [0.2, 0.25) is 0 Å². The first-order valence-corrected chi connectivity index (χ1v) is 8.13. The number of aryl methyl sites for hydroxylation is 1. The lowest BCUT2D eigenvalue weighted by Gasteiger charge is -2.31. The van der Waals surface area contributed by atoms with Gasteiger partial charge in [0.05, 0.1) is 17.9 Å². The van der Waals surface area contributed by atoms with Crippen LogP contribution < -0.4 is 4.90 Å². The fourth-order valence-electron chi connectivity index (χ4n) is 2.97. The van der Waals surface area contributed by atoms with E-state index in [4.69, 9.17) is 4.74 Å². The minimum absolute atomic E-state index is 0.338. The van der Waals surface area contributed by atoms with Crippen molar-refractivity contribution in [1.29, 1.82) is 0 Å². The van der Waals surface area contributed by atoms with E-state index in [1.807, 2.05) is 0 Å². The van der Waals surface area contributed by atoms with E-state index in [0.29, 0.717) is 6.10 Å². The Morgan fingerprint density at radius 2 is 2.16 bits per heavy atom. The van der Waals surface area contributed by atoms with Crippen LogP contribution in [0.3, 0.4) is 0 Å². The predicted octanol–water partition coefficient (Wildman–Crippen LogP) is 2.52. The normalized spacial score (nSPS) is 24.5. The number of aliphatic hydroxyl groups excluding tert-OH is 1. The van der Waals surface area contributed by atoms with Gasteiger partial charge in [-0.15, -0.1) is 11.3 Å². The van der Waals surface area contributed by atoms with Crippen LogP contribution in [-0.2, 0) is 11.2 Å². The van der Waals surface area contributed by atoms with E-state index >= 15 is 0 Å². The fraction of sp³-hybridized carbons (Fsp3) is 0.786. The van der Waals surface area contributed by atoms with Gasteiger partial charge >= 0.3 is 0 Å². The average Bonchev–Trinajstić information content (AvgIpc) is 2.85. The van der Waals surface area contributed by atoms with E-state index in [0.717, 1.165) is 62.6 Å². The molecule has 0 aromatic carbocycles. The number of hydrogen-bond donors (Lipinski definition) is 1. The first-order valence-electron chi connectivity index (χ1n) is 7.32. The lowest BCUT2D eigenvalue weighted by molar-refractivity contribution is 0.0459. The molecular weight excluding hydrogens is 260 g/mol. The first kappa shape index (κ1) is 13.3. The van der Waals surface area contributed by atoms with Crippen LogP contribution in [-0.4, -0.2) is 35.9 Å². The molecule has 5 heteroatoms. The third-order valence-corrected chi connectivity index (χ3v) is 5.22. The van der Waals surface area contributed by atoms with Crippen LogP contribution in [0.4, 0.5) is 5.13 Å². The number of aliphatic hydroxyl groups is 1. The molecule has 1 unspecified atom stereocenters. The Labute approximate surface area is 118 Å². The molecular formula is C14H22N2O2S. The summed E-state index contributed by atoms with van der Waals surface area (Å²) in [7, 11) is 0. The maximum absolute atomic E-state index is 9.99. The van der Waals surface area contributed by atoms with Crippen molar-refractivity contribution in [3.63, 3.8) is 0 Å². The van der Waals surface area contributed by atoms with Gasteiger partial charge in [-0.25, -0.2) is 4.98 Å². The number of ether oxygens (including phenoxy) is 1. The summed E-state index contributed by atoms with van der Waals surface area (Å²) >= 11 is 1.77. The van der Waals surface area contributed by atoms with E-state index in [1.165, 1.54) is 4.88 Å². The van der Waals surface area contributed by atoms with Crippen LogP contribution in [0.15, 0.2) is 0 Å². The molecule has 2 heterocycles. The van der Waals surface area contributed by atoms with Crippen molar-refractivity contribution >= 4 is 16.5 Å². The second kappa shape index (κ2) is 5.77. The highest BCUT2D eigenvalue weighted by atomic mass is 32.1. The zero-order chi connectivity index (χ0) is 13.2. The van der Waals surface area contributed by atoms with Crippen LogP contribution in [0.1, 0.15) is 49.3 Å². The molecule has 0 saturated carbocycles. The van der Waals surface area contributed by atoms with Crippen molar-refractivity contribution in [2.45, 2.75) is 51.2 Å². The number of rotatable bonds is 3. The molecule has 3 rings (SSSR count). The van der Waals surface area contributed by atoms with Gasteiger partial charge in [0.25, 0.3) is 0 Å². The summed E-state index contributed by atoms with van der Waals surface area (Å²) in [6.07, 6.45) is 5.28. The topological polar surface area (TPSA) is 45.6 Å². The first-order chi connectivity index (χ1) is 9.28. The van der Waals surface area contributed by atoms with Crippen LogP contribution in [0.5, 0.6) is 0 Å². The van der Waals surface area contributed by atoms with Gasteiger partial charge < -0.3 is 14.7 Å². The highest BCUT2D eigenvalue weighted by Gasteiger charge is 2.26. The number of fused-ring (bicyclic) bond motifs is 1. The molecule has 106 valence electrons. The molecule has 1 aliphatic heterocycles. The fourth-order valence-corrected chi connectivity index (χ4v) is 4.18. The molecule has 0 amide bonds. The zero-order valence-electron chi connectivity index (χ0n) is 11.5. The highest BCUT2D eigenvalue weighted by Crippen LogP contribution is 2.37. The SMILES string of the molecule is CCOC1CCN(c2nc3c(s2)CCCC3O)CC1. The smallest absolute Gasteiger partial charge is 0.185 e. The molecule has 1 N–H and O–H groups in total. The Balaban J connectivity index is 1.67. The molecule has 0 spiro atoms. The maximum atomic E-state index is 9.99. The summed E-state index contributed by atoms with van der Waals surface area (Å²) in [4.78, 5) is 8.32. The van der Waals surface area contributed by atoms with E-state index in [-0.39, 0.29) is 6.10 Å². The Morgan fingerprint density at radius 3 is 2.84 bits per heavy atom. The Morgan fingerprint density at radius 1 is 1.37 bits per heavy atom. The number of nitrogens with zero attached hydrogens (tertiary/aromatic N) is 2. The summed E-state index contributed by atoms with van der Waals surface area (Å²) in [5, 5.41) is 11.1. The highest BCUT2D eigenvalue weighted by molar-refractivity contribution is 7.15. The minimum Gasteiger partial charge on any atom is -0.387 e. The molecule has 1 aromatic heterocycles. The summed E-state index contributed by atoms with van der Waals surface area (Å²) in [5.41, 5.74) is 0.943. The minimum atomic E-state index is -0.338. The van der Waals surface area contributed by atoms with Gasteiger partial charge in [0.1, 0.15) is 0 Å². The van der Waals surface area contributed by atoms with E-state index in [2.05, 4.69) is 16.8 Å². The third-order valence-electron chi connectivity index (χ3n) is 4.03. The summed E-state index contributed by atoms with van der Waals surface area (Å²) in [6, 6.07) is 0. The molecule has 19 heavy (non-hydrogen) atoms. The van der Waals surface area contributed by atoms with Crippen LogP contribution in [0.2, 0.25) is 0 Å². The predicted molar refractivity (Wildman–Crippen MR) is 76.9 cm³/mol. The molecule has 0 radical (unpaired) electrons. The van der Waals surface area contributed by atoms with Crippen molar-refractivity contribution in [2.75, 3.05) is 24.6 Å². The second-order valence-corrected chi connectivity index (χ2v) is 6.42. The number of thiazole rings is 1. The number of anilines is 1. The molecule has 1 aliphatic carbocycles. The average molecular weight is 282 g/mol. The summed E-state index contributed by atoms with van der Waals surface area (Å²) in [6.45, 7) is 4.91. The summed E-state index contributed by atoms with van der Waals surface area (Å²) in [5.74, 6) is 0. The van der Waals surface area contributed by atoms with Crippen molar-refractivity contribution in [3.8, 4) is 0 Å². The van der Waals surface area contributed by atoms with Gasteiger partial charge in [-0.05, 0) is 39.0 Å². The van der Waals surface area contributed by atoms with Crippen molar-refractivity contribution in [3.05, 3.63) is 10.6 Å². The molecule has 1 saturated heterocycles. The van der Waals surface area contributed by atoms with E-state index in [9.17, 15) is 5.11 Å². The molecule has 1 aromatic rings. The van der Waals surface area contributed by atoms with Crippen LogP contribution in [0.25, 0.3) is 0 Å². The van der Waals surface area contributed by atoms with Gasteiger partial charge in [-0.3, -0.25) is 0 Å². The van der Waals surface area contributed by atoms with Gasteiger partial charge in [-0.2, -0.15) is 0 Å². The zero-order valence-corrected chi connectivity index (χ0v) is 12.3. The van der Waals surface area contributed by atoms with Crippen molar-refractivity contribution in [2.24, 2.45) is 0 Å². The summed E-state index contributed by atoms with van der Waals surface area (Å²) < 4.78 is 5.68. The Kier molecular flexibility index (Phi) is 4.05.